The summed E-state index contributed by atoms with van der Waals surface area (Å²) < 4.78 is 4.03. The molecule has 0 bridgehead atoms. The van der Waals surface area contributed by atoms with E-state index in [0.717, 1.165) is 6.54 Å². The van der Waals surface area contributed by atoms with Gasteiger partial charge in [0.1, 0.15) is 0 Å². The predicted molar refractivity (Wildman–Crippen MR) is 103 cm³/mol. The molecule has 2 aromatic heterocycles. The Bertz CT molecular complexity index is 894. The summed E-state index contributed by atoms with van der Waals surface area (Å²) >= 11 is 0. The average Bonchev–Trinajstić information content (AvgIpc) is 3.32. The molecule has 0 aliphatic carbocycles. The smallest absolute Gasteiger partial charge is 0.317 e. The molecule has 27 heavy (non-hydrogen) atoms. The van der Waals surface area contributed by atoms with Crippen molar-refractivity contribution in [2.75, 3.05) is 19.6 Å². The highest BCUT2D eigenvalue weighted by molar-refractivity contribution is 5.80. The molecule has 0 unspecified atom stereocenters. The lowest BCUT2D eigenvalue weighted by molar-refractivity contribution is -0.0257. The highest BCUT2D eigenvalue weighted by Gasteiger charge is 2.34. The zero-order chi connectivity index (χ0) is 18.7. The number of carbonyl (C=O) groups is 1. The number of carbonyl (C=O) groups excluding carboxylic acids is 1. The lowest BCUT2D eigenvalue weighted by Gasteiger charge is -2.38. The molecule has 1 saturated heterocycles. The Kier molecular flexibility index (Phi) is 4.85. The van der Waals surface area contributed by atoms with Gasteiger partial charge in [0.15, 0.2) is 0 Å². The molecule has 0 radical (unpaired) electrons. The summed E-state index contributed by atoms with van der Waals surface area (Å²) in [5.74, 6) is 0. The Morgan fingerprint density at radius 1 is 1.19 bits per heavy atom. The van der Waals surface area contributed by atoms with E-state index in [-0.39, 0.29) is 6.03 Å². The van der Waals surface area contributed by atoms with Gasteiger partial charge < -0.3 is 24.5 Å². The van der Waals surface area contributed by atoms with Gasteiger partial charge >= 0.3 is 6.03 Å². The van der Waals surface area contributed by atoms with Gasteiger partial charge in [0, 0.05) is 50.3 Å². The van der Waals surface area contributed by atoms with Gasteiger partial charge in [-0.2, -0.15) is 0 Å². The van der Waals surface area contributed by atoms with Crippen LogP contribution in [0.3, 0.4) is 0 Å². The Labute approximate surface area is 158 Å². The molecule has 3 aromatic rings. The van der Waals surface area contributed by atoms with Crippen molar-refractivity contribution in [2.24, 2.45) is 0 Å². The summed E-state index contributed by atoms with van der Waals surface area (Å²) in [7, 11) is 0. The molecular formula is C20H25N5O2. The second kappa shape index (κ2) is 7.44. The monoisotopic (exact) mass is 367 g/mol. The molecule has 0 atom stereocenters. The molecule has 142 valence electrons. The molecule has 2 amide bonds. The second-order valence-electron chi connectivity index (χ2n) is 7.25. The van der Waals surface area contributed by atoms with Crippen LogP contribution in [0.4, 0.5) is 4.79 Å². The van der Waals surface area contributed by atoms with E-state index in [0.29, 0.717) is 39.0 Å². The lowest BCUT2D eigenvalue weighted by Crippen LogP contribution is -2.51. The normalized spacial score (nSPS) is 16.6. The number of amides is 2. The van der Waals surface area contributed by atoms with E-state index in [1.807, 2.05) is 29.1 Å². The van der Waals surface area contributed by atoms with E-state index >= 15 is 0 Å². The van der Waals surface area contributed by atoms with Gasteiger partial charge in [-0.1, -0.05) is 18.2 Å². The maximum Gasteiger partial charge on any atom is 0.317 e. The fourth-order valence-electron chi connectivity index (χ4n) is 3.73. The van der Waals surface area contributed by atoms with E-state index in [2.05, 4.69) is 33.1 Å². The fraction of sp³-hybridized carbons (Fsp3) is 0.400. The summed E-state index contributed by atoms with van der Waals surface area (Å²) in [5.41, 5.74) is 0.399. The number of imidazole rings is 1. The van der Waals surface area contributed by atoms with Crippen LogP contribution in [0, 0.1) is 0 Å². The van der Waals surface area contributed by atoms with Crippen molar-refractivity contribution in [1.82, 2.24) is 24.3 Å². The number of aliphatic hydroxyl groups is 1. The van der Waals surface area contributed by atoms with Gasteiger partial charge in [-0.3, -0.25) is 0 Å². The number of piperidine rings is 1. The third-order valence-corrected chi connectivity index (χ3v) is 5.33. The van der Waals surface area contributed by atoms with E-state index in [4.69, 9.17) is 0 Å². The first-order chi connectivity index (χ1) is 13.1. The number of benzene rings is 1. The first kappa shape index (κ1) is 17.6. The summed E-state index contributed by atoms with van der Waals surface area (Å²) in [6.45, 7) is 2.95. The molecule has 7 nitrogen and oxygen atoms in total. The molecule has 1 fully saturated rings. The predicted octanol–water partition coefficient (Wildman–Crippen LogP) is 2.07. The number of hydrogen-bond donors (Lipinski definition) is 2. The number of nitrogens with one attached hydrogen (secondary N) is 1. The van der Waals surface area contributed by atoms with Gasteiger partial charge in [0.25, 0.3) is 0 Å². The van der Waals surface area contributed by atoms with Crippen molar-refractivity contribution < 1.29 is 9.90 Å². The molecule has 1 aromatic carbocycles. The van der Waals surface area contributed by atoms with E-state index < -0.39 is 5.60 Å². The molecular weight excluding hydrogens is 342 g/mol. The quantitative estimate of drug-likeness (QED) is 0.725. The van der Waals surface area contributed by atoms with Crippen LogP contribution in [-0.4, -0.2) is 55.4 Å². The highest BCUT2D eigenvalue weighted by atomic mass is 16.3. The van der Waals surface area contributed by atoms with Crippen LogP contribution in [0.5, 0.6) is 0 Å². The van der Waals surface area contributed by atoms with Crippen LogP contribution >= 0.6 is 0 Å². The Morgan fingerprint density at radius 2 is 2.00 bits per heavy atom. The minimum absolute atomic E-state index is 0.0591. The van der Waals surface area contributed by atoms with Gasteiger partial charge in [0.05, 0.1) is 18.5 Å². The third kappa shape index (κ3) is 3.98. The maximum atomic E-state index is 12.4. The minimum atomic E-state index is -0.776. The van der Waals surface area contributed by atoms with Crippen LogP contribution in [0.15, 0.2) is 55.2 Å². The van der Waals surface area contributed by atoms with Crippen molar-refractivity contribution in [3.8, 4) is 0 Å². The van der Waals surface area contributed by atoms with Crippen molar-refractivity contribution in [1.29, 1.82) is 0 Å². The maximum absolute atomic E-state index is 12.4. The number of rotatable bonds is 5. The molecule has 7 heteroatoms. The zero-order valence-corrected chi connectivity index (χ0v) is 15.3. The first-order valence-electron chi connectivity index (χ1n) is 9.38. The number of urea groups is 1. The van der Waals surface area contributed by atoms with Crippen LogP contribution < -0.4 is 5.32 Å². The van der Waals surface area contributed by atoms with Crippen LogP contribution in [0.25, 0.3) is 10.9 Å². The molecule has 1 aliphatic heterocycles. The van der Waals surface area contributed by atoms with Crippen molar-refractivity contribution in [3.63, 3.8) is 0 Å². The van der Waals surface area contributed by atoms with Gasteiger partial charge in [-0.05, 0) is 30.4 Å². The van der Waals surface area contributed by atoms with Gasteiger partial charge in [0.2, 0.25) is 0 Å². The third-order valence-electron chi connectivity index (χ3n) is 5.33. The van der Waals surface area contributed by atoms with Gasteiger partial charge in [-0.15, -0.1) is 0 Å². The summed E-state index contributed by atoms with van der Waals surface area (Å²) in [4.78, 5) is 18.2. The number of para-hydroxylation sites is 1. The molecule has 3 heterocycles. The lowest BCUT2D eigenvalue weighted by atomic mass is 9.91. The Balaban J connectivity index is 1.25. The fourth-order valence-corrected chi connectivity index (χ4v) is 3.73. The van der Waals surface area contributed by atoms with E-state index in [1.54, 1.807) is 17.4 Å². The second-order valence-corrected chi connectivity index (χ2v) is 7.25. The minimum Gasteiger partial charge on any atom is -0.388 e. The average molecular weight is 367 g/mol. The van der Waals surface area contributed by atoms with E-state index in [9.17, 15) is 9.90 Å². The molecule has 2 N–H and O–H groups in total. The first-order valence-corrected chi connectivity index (χ1v) is 9.38. The number of hydrogen-bond acceptors (Lipinski definition) is 3. The van der Waals surface area contributed by atoms with Crippen molar-refractivity contribution in [3.05, 3.63) is 55.2 Å². The van der Waals surface area contributed by atoms with Crippen molar-refractivity contribution >= 4 is 16.9 Å². The number of aromatic nitrogens is 3. The summed E-state index contributed by atoms with van der Waals surface area (Å²) in [5, 5.41) is 14.9. The van der Waals surface area contributed by atoms with Gasteiger partial charge in [-0.25, -0.2) is 9.78 Å². The van der Waals surface area contributed by atoms with Crippen LogP contribution in [0.1, 0.15) is 12.8 Å². The Morgan fingerprint density at radius 3 is 2.78 bits per heavy atom. The SMILES string of the molecule is O=C(NCCn1ccc2ccccc21)N1CCC(O)(Cn2ccnc2)CC1. The van der Waals surface area contributed by atoms with Crippen molar-refractivity contribution in [2.45, 2.75) is 31.5 Å². The summed E-state index contributed by atoms with van der Waals surface area (Å²) in [6.07, 6.45) is 8.46. The number of fused-ring (bicyclic) bond motifs is 1. The molecule has 0 spiro atoms. The topological polar surface area (TPSA) is 75.3 Å². The zero-order valence-electron chi connectivity index (χ0n) is 15.3. The van der Waals surface area contributed by atoms with Crippen LogP contribution in [-0.2, 0) is 13.1 Å². The molecule has 4 rings (SSSR count). The van der Waals surface area contributed by atoms with E-state index in [1.165, 1.54) is 10.9 Å². The number of nitrogens with zero attached hydrogens (tertiary/aromatic N) is 4. The molecule has 1 aliphatic rings. The largest absolute Gasteiger partial charge is 0.388 e. The number of likely N-dealkylation sites (tertiary alicyclic amines) is 1. The molecule has 0 saturated carbocycles. The highest BCUT2D eigenvalue weighted by Crippen LogP contribution is 2.24. The Hall–Kier alpha value is -2.80. The van der Waals surface area contributed by atoms with Crippen LogP contribution in [0.2, 0.25) is 0 Å². The summed E-state index contributed by atoms with van der Waals surface area (Å²) in [6, 6.07) is 10.3. The standard InChI is InChI=1S/C20H25N5O2/c26-19(22-9-14-24-10-5-17-3-1-2-4-18(17)24)25-11-6-20(27,7-12-25)15-23-13-8-21-16-23/h1-5,8,10,13,16,27H,6-7,9,11-12,14-15H2,(H,22,26).